The zero-order valence-corrected chi connectivity index (χ0v) is 11.0. The fourth-order valence-electron chi connectivity index (χ4n) is 1.57. The Hall–Kier alpha value is -1.36. The molecule has 0 saturated heterocycles. The van der Waals surface area contributed by atoms with Gasteiger partial charge >= 0.3 is 0 Å². The zero-order valence-electron chi connectivity index (χ0n) is 11.0. The van der Waals surface area contributed by atoms with Crippen LogP contribution in [0, 0.1) is 5.92 Å². The molecule has 0 fully saturated rings. The number of nitrogens with one attached hydrogen (secondary N) is 1. The molecule has 0 aliphatic carbocycles. The van der Waals surface area contributed by atoms with Crippen molar-refractivity contribution < 1.29 is 4.79 Å². The van der Waals surface area contributed by atoms with E-state index in [1.54, 1.807) is 12.5 Å². The van der Waals surface area contributed by atoms with Crippen molar-refractivity contribution in [1.82, 2.24) is 14.9 Å². The number of hydrogen-bond acceptors (Lipinski definition) is 3. The molecule has 5 nitrogen and oxygen atoms in total. The van der Waals surface area contributed by atoms with Crippen LogP contribution in [0.4, 0.5) is 0 Å². The van der Waals surface area contributed by atoms with E-state index in [1.807, 2.05) is 18.4 Å². The van der Waals surface area contributed by atoms with E-state index in [4.69, 9.17) is 5.73 Å². The molecular formula is C12H22N4O. The molecule has 1 aromatic rings. The molecule has 2 unspecified atom stereocenters. The highest BCUT2D eigenvalue weighted by Crippen LogP contribution is 2.15. The van der Waals surface area contributed by atoms with E-state index < -0.39 is 0 Å². The number of rotatable bonds is 5. The molecule has 96 valence electrons. The molecule has 0 aliphatic heterocycles. The van der Waals surface area contributed by atoms with Gasteiger partial charge in [0, 0.05) is 18.8 Å². The van der Waals surface area contributed by atoms with E-state index >= 15 is 0 Å². The Morgan fingerprint density at radius 3 is 2.65 bits per heavy atom. The lowest BCUT2D eigenvalue weighted by atomic mass is 10.2. The number of nitrogens with two attached hydrogens (primary N) is 1. The average molecular weight is 238 g/mol. The van der Waals surface area contributed by atoms with Gasteiger partial charge in [0.1, 0.15) is 6.04 Å². The summed E-state index contributed by atoms with van der Waals surface area (Å²) >= 11 is 0. The van der Waals surface area contributed by atoms with Crippen LogP contribution in [0.15, 0.2) is 12.5 Å². The third-order valence-electron chi connectivity index (χ3n) is 2.64. The molecule has 0 aliphatic rings. The fraction of sp³-hybridized carbons (Fsp3) is 0.667. The smallest absolute Gasteiger partial charge is 0.242 e. The van der Waals surface area contributed by atoms with Crippen LogP contribution in [0.1, 0.15) is 45.5 Å². The van der Waals surface area contributed by atoms with E-state index in [0.29, 0.717) is 12.5 Å². The summed E-state index contributed by atoms with van der Waals surface area (Å²) < 4.78 is 1.82. The largest absolute Gasteiger partial charge is 0.354 e. The lowest BCUT2D eigenvalue weighted by molar-refractivity contribution is -0.124. The maximum atomic E-state index is 11.9. The van der Waals surface area contributed by atoms with Crippen LogP contribution in [0.25, 0.3) is 0 Å². The molecule has 1 heterocycles. The van der Waals surface area contributed by atoms with Gasteiger partial charge in [-0.3, -0.25) is 4.79 Å². The highest BCUT2D eigenvalue weighted by atomic mass is 16.2. The van der Waals surface area contributed by atoms with Crippen molar-refractivity contribution in [2.45, 2.75) is 39.8 Å². The summed E-state index contributed by atoms with van der Waals surface area (Å²) in [5.41, 5.74) is 6.70. The van der Waals surface area contributed by atoms with Gasteiger partial charge in [0.25, 0.3) is 0 Å². The molecule has 1 rings (SSSR count). The molecule has 0 spiro atoms. The predicted molar refractivity (Wildman–Crippen MR) is 67.4 cm³/mol. The standard InChI is InChI=1S/C12H22N4O/c1-8(2)5-15-12(17)10(4)16-7-14-6-11(16)9(3)13/h6-10H,5,13H2,1-4H3,(H,15,17). The SMILES string of the molecule is CC(C)CNC(=O)C(C)n1cncc1C(C)N. The number of carbonyl (C=O) groups is 1. The number of hydrogen-bond donors (Lipinski definition) is 2. The van der Waals surface area contributed by atoms with Gasteiger partial charge in [-0.15, -0.1) is 0 Å². The van der Waals surface area contributed by atoms with E-state index in [-0.39, 0.29) is 18.0 Å². The molecule has 0 saturated carbocycles. The van der Waals surface area contributed by atoms with Crippen molar-refractivity contribution in [1.29, 1.82) is 0 Å². The second-order valence-electron chi connectivity index (χ2n) is 4.83. The molecule has 1 aromatic heterocycles. The lowest BCUT2D eigenvalue weighted by Gasteiger charge is -2.18. The second-order valence-corrected chi connectivity index (χ2v) is 4.83. The Morgan fingerprint density at radius 1 is 1.47 bits per heavy atom. The molecule has 0 bridgehead atoms. The van der Waals surface area contributed by atoms with Gasteiger partial charge in [0.2, 0.25) is 5.91 Å². The minimum atomic E-state index is -0.280. The van der Waals surface area contributed by atoms with Crippen molar-refractivity contribution in [3.63, 3.8) is 0 Å². The normalized spacial score (nSPS) is 14.7. The quantitative estimate of drug-likeness (QED) is 0.810. The summed E-state index contributed by atoms with van der Waals surface area (Å²) in [6.45, 7) is 8.55. The zero-order chi connectivity index (χ0) is 13.0. The first kappa shape index (κ1) is 13.7. The van der Waals surface area contributed by atoms with E-state index in [9.17, 15) is 4.79 Å². The molecular weight excluding hydrogens is 216 g/mol. The Kier molecular flexibility index (Phi) is 4.69. The van der Waals surface area contributed by atoms with Gasteiger partial charge in [0.05, 0.1) is 12.0 Å². The highest BCUT2D eigenvalue weighted by Gasteiger charge is 2.18. The summed E-state index contributed by atoms with van der Waals surface area (Å²) in [6, 6.07) is -0.407. The highest BCUT2D eigenvalue weighted by molar-refractivity contribution is 5.79. The third kappa shape index (κ3) is 3.56. The molecule has 0 aromatic carbocycles. The Balaban J connectivity index is 2.71. The van der Waals surface area contributed by atoms with Gasteiger partial charge in [-0.25, -0.2) is 4.98 Å². The summed E-state index contributed by atoms with van der Waals surface area (Å²) in [7, 11) is 0. The summed E-state index contributed by atoms with van der Waals surface area (Å²) in [6.07, 6.45) is 3.36. The number of amides is 1. The topological polar surface area (TPSA) is 72.9 Å². The van der Waals surface area contributed by atoms with E-state index in [1.165, 1.54) is 0 Å². The maximum absolute atomic E-state index is 11.9. The Bertz CT molecular complexity index is 370. The van der Waals surface area contributed by atoms with Gasteiger partial charge in [-0.05, 0) is 19.8 Å². The van der Waals surface area contributed by atoms with Gasteiger partial charge in [0.15, 0.2) is 0 Å². The molecule has 5 heteroatoms. The summed E-state index contributed by atoms with van der Waals surface area (Å²) in [5, 5.41) is 2.91. The molecule has 1 amide bonds. The maximum Gasteiger partial charge on any atom is 0.242 e. The van der Waals surface area contributed by atoms with Crippen LogP contribution < -0.4 is 11.1 Å². The first-order valence-electron chi connectivity index (χ1n) is 5.98. The minimum Gasteiger partial charge on any atom is -0.354 e. The average Bonchev–Trinajstić information content (AvgIpc) is 2.73. The molecule has 3 N–H and O–H groups in total. The van der Waals surface area contributed by atoms with Crippen LogP contribution in [0.2, 0.25) is 0 Å². The van der Waals surface area contributed by atoms with Crippen LogP contribution >= 0.6 is 0 Å². The van der Waals surface area contributed by atoms with E-state index in [2.05, 4.69) is 24.1 Å². The van der Waals surface area contributed by atoms with Crippen LogP contribution in [-0.4, -0.2) is 22.0 Å². The van der Waals surface area contributed by atoms with Gasteiger partial charge in [-0.1, -0.05) is 13.8 Å². The van der Waals surface area contributed by atoms with Gasteiger partial charge in [-0.2, -0.15) is 0 Å². The third-order valence-corrected chi connectivity index (χ3v) is 2.64. The fourth-order valence-corrected chi connectivity index (χ4v) is 1.57. The number of imidazole rings is 1. The molecule has 2 atom stereocenters. The Labute approximate surface area is 102 Å². The number of nitrogens with zero attached hydrogens (tertiary/aromatic N) is 2. The second kappa shape index (κ2) is 5.82. The Morgan fingerprint density at radius 2 is 2.12 bits per heavy atom. The molecule has 17 heavy (non-hydrogen) atoms. The summed E-state index contributed by atoms with van der Waals surface area (Å²) in [5.74, 6) is 0.445. The first-order valence-corrected chi connectivity index (χ1v) is 5.98. The number of carbonyl (C=O) groups excluding carboxylic acids is 1. The van der Waals surface area contributed by atoms with Crippen LogP contribution in [-0.2, 0) is 4.79 Å². The van der Waals surface area contributed by atoms with Crippen LogP contribution in [0.5, 0.6) is 0 Å². The van der Waals surface area contributed by atoms with Crippen LogP contribution in [0.3, 0.4) is 0 Å². The van der Waals surface area contributed by atoms with E-state index in [0.717, 1.165) is 5.69 Å². The van der Waals surface area contributed by atoms with Crippen molar-refractivity contribution in [2.24, 2.45) is 11.7 Å². The minimum absolute atomic E-state index is 0.00130. The molecule has 0 radical (unpaired) electrons. The monoisotopic (exact) mass is 238 g/mol. The van der Waals surface area contributed by atoms with Crippen molar-refractivity contribution in [3.8, 4) is 0 Å². The lowest BCUT2D eigenvalue weighted by Crippen LogP contribution is -2.34. The number of aromatic nitrogens is 2. The summed E-state index contributed by atoms with van der Waals surface area (Å²) in [4.78, 5) is 16.0. The first-order chi connectivity index (χ1) is 7.93. The van der Waals surface area contributed by atoms with Crippen molar-refractivity contribution in [3.05, 3.63) is 18.2 Å². The van der Waals surface area contributed by atoms with Crippen molar-refractivity contribution >= 4 is 5.91 Å². The predicted octanol–water partition coefficient (Wildman–Crippen LogP) is 1.24. The van der Waals surface area contributed by atoms with Gasteiger partial charge < -0.3 is 15.6 Å². The van der Waals surface area contributed by atoms with Crippen molar-refractivity contribution in [2.75, 3.05) is 6.54 Å².